The summed E-state index contributed by atoms with van der Waals surface area (Å²) in [6.07, 6.45) is 1.79. The van der Waals surface area contributed by atoms with Crippen LogP contribution in [0.4, 0.5) is 5.69 Å². The number of hydrogen-bond donors (Lipinski definition) is 1. The van der Waals surface area contributed by atoms with Crippen LogP contribution in [0.2, 0.25) is 9.36 Å². The summed E-state index contributed by atoms with van der Waals surface area (Å²) in [5, 5.41) is 5.13. The highest BCUT2D eigenvalue weighted by Crippen LogP contribution is 2.35. The van der Waals surface area contributed by atoms with Gasteiger partial charge >= 0.3 is 0 Å². The number of nitrogens with zero attached hydrogens (tertiary/aromatic N) is 1. The van der Waals surface area contributed by atoms with Gasteiger partial charge in [0.25, 0.3) is 0 Å². The number of pyridine rings is 1. The van der Waals surface area contributed by atoms with Gasteiger partial charge in [0.15, 0.2) is 0 Å². The van der Waals surface area contributed by atoms with Crippen LogP contribution in [0.25, 0.3) is 10.9 Å². The van der Waals surface area contributed by atoms with E-state index >= 15 is 0 Å². The third kappa shape index (κ3) is 3.04. The summed E-state index contributed by atoms with van der Waals surface area (Å²) in [5.41, 5.74) is 2.95. The monoisotopic (exact) mass is 400 g/mol. The van der Waals surface area contributed by atoms with E-state index in [1.54, 1.807) is 17.5 Å². The molecule has 3 aromatic rings. The van der Waals surface area contributed by atoms with Crippen molar-refractivity contribution in [1.29, 1.82) is 0 Å². The minimum atomic E-state index is 0.669. The van der Waals surface area contributed by atoms with Gasteiger partial charge in [0, 0.05) is 27.5 Å². The van der Waals surface area contributed by atoms with Gasteiger partial charge in [-0.3, -0.25) is 4.98 Å². The second-order valence-corrected chi connectivity index (χ2v) is 7.64. The normalized spacial score (nSPS) is 11.0. The molecule has 0 amide bonds. The Kier molecular flexibility index (Phi) is 4.41. The number of aromatic nitrogens is 1. The maximum atomic E-state index is 6.39. The van der Waals surface area contributed by atoms with Crippen LogP contribution in [0, 0.1) is 6.92 Å². The molecule has 0 saturated carbocycles. The number of hydrogen-bond acceptors (Lipinski definition) is 3. The molecule has 0 unspecified atom stereocenters. The minimum Gasteiger partial charge on any atom is -0.378 e. The van der Waals surface area contributed by atoms with Gasteiger partial charge in [-0.05, 0) is 52.7 Å². The van der Waals surface area contributed by atoms with Crippen molar-refractivity contribution in [3.63, 3.8) is 0 Å². The molecule has 21 heavy (non-hydrogen) atoms. The third-order valence-corrected chi connectivity index (χ3v) is 5.94. The number of anilines is 1. The van der Waals surface area contributed by atoms with E-state index < -0.39 is 0 Å². The Bertz CT molecular complexity index is 797. The van der Waals surface area contributed by atoms with Gasteiger partial charge < -0.3 is 5.32 Å². The van der Waals surface area contributed by atoms with Gasteiger partial charge in [0.05, 0.1) is 16.2 Å². The lowest BCUT2D eigenvalue weighted by Crippen LogP contribution is -2.00. The maximum absolute atomic E-state index is 6.39. The summed E-state index contributed by atoms with van der Waals surface area (Å²) in [4.78, 5) is 5.57. The summed E-state index contributed by atoms with van der Waals surface area (Å²) in [7, 11) is 0. The molecule has 0 atom stereocenters. The van der Waals surface area contributed by atoms with Gasteiger partial charge in [-0.1, -0.05) is 23.2 Å². The summed E-state index contributed by atoms with van der Waals surface area (Å²) < 4.78 is 1.68. The van der Waals surface area contributed by atoms with Crippen LogP contribution in [-0.4, -0.2) is 4.98 Å². The van der Waals surface area contributed by atoms with Gasteiger partial charge in [-0.15, -0.1) is 11.3 Å². The Morgan fingerprint density at radius 1 is 1.33 bits per heavy atom. The number of halogens is 3. The predicted octanol–water partition coefficient (Wildman–Crippen LogP) is 6.29. The lowest BCUT2D eigenvalue weighted by atomic mass is 10.1. The summed E-state index contributed by atoms with van der Waals surface area (Å²) in [6, 6.07) is 7.90. The van der Waals surface area contributed by atoms with Crippen LogP contribution in [0.3, 0.4) is 0 Å². The highest BCUT2D eigenvalue weighted by molar-refractivity contribution is 9.10. The first-order valence-corrected chi connectivity index (χ1v) is 8.64. The topological polar surface area (TPSA) is 24.9 Å². The van der Waals surface area contributed by atoms with Gasteiger partial charge in [-0.2, -0.15) is 0 Å². The molecule has 0 fully saturated rings. The number of nitrogens with one attached hydrogen (secondary N) is 1. The Morgan fingerprint density at radius 3 is 2.86 bits per heavy atom. The summed E-state index contributed by atoms with van der Waals surface area (Å²) in [6.45, 7) is 2.68. The molecule has 1 N–H and O–H groups in total. The number of rotatable bonds is 3. The molecule has 0 radical (unpaired) electrons. The molecule has 0 saturated heterocycles. The molecule has 0 bridgehead atoms. The molecule has 0 aliphatic heterocycles. The first-order chi connectivity index (χ1) is 10.1. The van der Waals surface area contributed by atoms with Crippen LogP contribution < -0.4 is 5.32 Å². The molecule has 0 spiro atoms. The molecule has 2 heterocycles. The van der Waals surface area contributed by atoms with Crippen molar-refractivity contribution in [1.82, 2.24) is 4.98 Å². The zero-order valence-corrected chi connectivity index (χ0v) is 15.0. The molecule has 1 aromatic carbocycles. The van der Waals surface area contributed by atoms with Crippen LogP contribution in [0.5, 0.6) is 0 Å². The van der Waals surface area contributed by atoms with Crippen LogP contribution in [0.1, 0.15) is 10.4 Å². The van der Waals surface area contributed by atoms with E-state index in [0.717, 1.165) is 35.8 Å². The van der Waals surface area contributed by atoms with Crippen molar-refractivity contribution in [3.05, 3.63) is 54.7 Å². The lowest BCUT2D eigenvalue weighted by molar-refractivity contribution is 1.19. The molecule has 2 aromatic heterocycles. The number of aryl methyl sites for hydroxylation is 1. The average molecular weight is 402 g/mol. The predicted molar refractivity (Wildman–Crippen MR) is 95.8 cm³/mol. The smallest absolute Gasteiger partial charge is 0.107 e. The third-order valence-electron chi connectivity index (χ3n) is 3.17. The summed E-state index contributed by atoms with van der Waals surface area (Å²) >= 11 is 17.4. The number of thiophene rings is 1. The van der Waals surface area contributed by atoms with Crippen LogP contribution in [-0.2, 0) is 6.54 Å². The van der Waals surface area contributed by atoms with Crippen molar-refractivity contribution in [2.24, 2.45) is 0 Å². The van der Waals surface area contributed by atoms with E-state index in [0.29, 0.717) is 11.6 Å². The highest BCUT2D eigenvalue weighted by atomic mass is 79.9. The fourth-order valence-electron chi connectivity index (χ4n) is 2.21. The quantitative estimate of drug-likeness (QED) is 0.557. The first kappa shape index (κ1) is 15.1. The van der Waals surface area contributed by atoms with Gasteiger partial charge in [0.1, 0.15) is 4.34 Å². The van der Waals surface area contributed by atoms with Crippen molar-refractivity contribution in [2.45, 2.75) is 13.5 Å². The van der Waals surface area contributed by atoms with E-state index in [1.807, 2.05) is 31.2 Å². The zero-order chi connectivity index (χ0) is 15.0. The molecular weight excluding hydrogens is 391 g/mol. The largest absolute Gasteiger partial charge is 0.378 e. The minimum absolute atomic E-state index is 0.669. The lowest BCUT2D eigenvalue weighted by Gasteiger charge is -2.12. The Morgan fingerprint density at radius 2 is 2.14 bits per heavy atom. The summed E-state index contributed by atoms with van der Waals surface area (Å²) in [5.74, 6) is 0. The zero-order valence-electron chi connectivity index (χ0n) is 11.1. The standard InChI is InChI=1S/C15H11BrCl2N2S/c1-8-5-12(17)14(10-3-2-4-19-13(8)10)20-7-9-6-11(16)15(18)21-9/h2-6,20H,7H2,1H3. The number of fused-ring (bicyclic) bond motifs is 1. The molecule has 0 aliphatic carbocycles. The molecule has 3 rings (SSSR count). The van der Waals surface area contributed by atoms with Gasteiger partial charge in [-0.25, -0.2) is 0 Å². The Balaban J connectivity index is 1.97. The molecule has 108 valence electrons. The van der Waals surface area contributed by atoms with E-state index in [9.17, 15) is 0 Å². The van der Waals surface area contributed by atoms with Crippen molar-refractivity contribution in [2.75, 3.05) is 5.32 Å². The van der Waals surface area contributed by atoms with E-state index in [1.165, 1.54) is 0 Å². The fourth-order valence-corrected chi connectivity index (χ4v) is 4.28. The van der Waals surface area contributed by atoms with Crippen molar-refractivity contribution >= 4 is 67.1 Å². The second-order valence-electron chi connectivity index (χ2n) is 4.64. The van der Waals surface area contributed by atoms with E-state index in [4.69, 9.17) is 23.2 Å². The molecular formula is C15H11BrCl2N2S. The molecule has 0 aliphatic rings. The van der Waals surface area contributed by atoms with Crippen molar-refractivity contribution in [3.8, 4) is 0 Å². The van der Waals surface area contributed by atoms with Crippen LogP contribution >= 0.6 is 50.5 Å². The van der Waals surface area contributed by atoms with E-state index in [2.05, 4.69) is 26.2 Å². The van der Waals surface area contributed by atoms with Crippen molar-refractivity contribution < 1.29 is 0 Å². The first-order valence-electron chi connectivity index (χ1n) is 6.27. The Labute approximate surface area is 145 Å². The maximum Gasteiger partial charge on any atom is 0.107 e. The number of benzene rings is 1. The fraction of sp³-hybridized carbons (Fsp3) is 0.133. The second kappa shape index (κ2) is 6.13. The van der Waals surface area contributed by atoms with E-state index in [-0.39, 0.29) is 0 Å². The SMILES string of the molecule is Cc1cc(Cl)c(NCc2cc(Br)c(Cl)s2)c2cccnc12. The van der Waals surface area contributed by atoms with Gasteiger partial charge in [0.2, 0.25) is 0 Å². The average Bonchev–Trinajstić information content (AvgIpc) is 2.77. The Hall–Kier alpha value is -0.810. The molecule has 2 nitrogen and oxygen atoms in total. The highest BCUT2D eigenvalue weighted by Gasteiger charge is 2.11. The molecule has 6 heteroatoms. The van der Waals surface area contributed by atoms with Crippen LogP contribution in [0.15, 0.2) is 34.9 Å².